The monoisotopic (exact) mass is 275 g/mol. The molecular weight excluding hydrogens is 246 g/mol. The van der Waals surface area contributed by atoms with E-state index in [0.717, 1.165) is 31.2 Å². The molecule has 1 saturated carbocycles. The summed E-state index contributed by atoms with van der Waals surface area (Å²) in [7, 11) is 0. The molecule has 1 unspecified atom stereocenters. The summed E-state index contributed by atoms with van der Waals surface area (Å²) in [6.45, 7) is 4.19. The van der Waals surface area contributed by atoms with Gasteiger partial charge in [-0.2, -0.15) is 0 Å². The highest BCUT2D eigenvalue weighted by Crippen LogP contribution is 2.28. The molecule has 0 amide bonds. The average Bonchev–Trinajstić information content (AvgIpc) is 2.52. The first-order valence-corrected chi connectivity index (χ1v) is 8.31. The van der Waals surface area contributed by atoms with E-state index in [1.54, 1.807) is 0 Å². The number of rotatable bonds is 8. The Kier molecular flexibility index (Phi) is 6.93. The molecule has 1 aliphatic rings. The van der Waals surface area contributed by atoms with Crippen molar-refractivity contribution in [1.29, 1.82) is 0 Å². The number of para-hydroxylation sites is 1. The molecule has 0 aliphatic heterocycles. The van der Waals surface area contributed by atoms with Crippen LogP contribution in [0.5, 0.6) is 5.75 Å². The van der Waals surface area contributed by atoms with E-state index in [1.165, 1.54) is 38.5 Å². The van der Waals surface area contributed by atoms with Crippen LogP contribution in [0.2, 0.25) is 0 Å². The van der Waals surface area contributed by atoms with E-state index in [9.17, 15) is 0 Å². The van der Waals surface area contributed by atoms with Crippen molar-refractivity contribution in [2.75, 3.05) is 13.2 Å². The summed E-state index contributed by atoms with van der Waals surface area (Å²) in [5, 5.41) is 3.75. The molecule has 2 heteroatoms. The van der Waals surface area contributed by atoms with Gasteiger partial charge in [-0.15, -0.1) is 0 Å². The third kappa shape index (κ3) is 5.16. The molecule has 1 N–H and O–H groups in total. The Morgan fingerprint density at radius 1 is 1.15 bits per heavy atom. The van der Waals surface area contributed by atoms with Crippen LogP contribution in [-0.4, -0.2) is 19.2 Å². The lowest BCUT2D eigenvalue weighted by molar-refractivity contribution is 0.217. The van der Waals surface area contributed by atoms with Gasteiger partial charge in [-0.25, -0.2) is 0 Å². The lowest BCUT2D eigenvalue weighted by Gasteiger charge is -2.31. The van der Waals surface area contributed by atoms with Crippen LogP contribution in [0.3, 0.4) is 0 Å². The van der Waals surface area contributed by atoms with E-state index < -0.39 is 0 Å². The smallest absolute Gasteiger partial charge is 0.119 e. The van der Waals surface area contributed by atoms with Crippen LogP contribution in [0.15, 0.2) is 30.3 Å². The van der Waals surface area contributed by atoms with Gasteiger partial charge in [0.1, 0.15) is 5.75 Å². The van der Waals surface area contributed by atoms with Gasteiger partial charge in [0.2, 0.25) is 0 Å². The minimum absolute atomic E-state index is 0.638. The lowest BCUT2D eigenvalue weighted by atomic mass is 9.82. The Balaban J connectivity index is 1.77. The molecule has 1 atom stereocenters. The van der Waals surface area contributed by atoms with Crippen LogP contribution >= 0.6 is 0 Å². The molecule has 2 nitrogen and oxygen atoms in total. The summed E-state index contributed by atoms with van der Waals surface area (Å²) in [4.78, 5) is 0. The second-order valence-electron chi connectivity index (χ2n) is 5.91. The third-order valence-electron chi connectivity index (χ3n) is 4.32. The number of hydrogen-bond acceptors (Lipinski definition) is 2. The van der Waals surface area contributed by atoms with Crippen molar-refractivity contribution in [2.24, 2.45) is 5.92 Å². The van der Waals surface area contributed by atoms with Gasteiger partial charge in [-0.05, 0) is 50.3 Å². The largest absolute Gasteiger partial charge is 0.494 e. The molecule has 1 aromatic rings. The summed E-state index contributed by atoms with van der Waals surface area (Å²) in [6, 6.07) is 10.8. The second-order valence-corrected chi connectivity index (χ2v) is 5.91. The van der Waals surface area contributed by atoms with Crippen LogP contribution in [0.4, 0.5) is 0 Å². The maximum absolute atomic E-state index is 5.87. The Morgan fingerprint density at radius 2 is 1.90 bits per heavy atom. The number of nitrogens with one attached hydrogen (secondary N) is 1. The van der Waals surface area contributed by atoms with Crippen LogP contribution in [0.1, 0.15) is 51.9 Å². The molecule has 20 heavy (non-hydrogen) atoms. The molecule has 0 radical (unpaired) electrons. The SMILES string of the molecule is CCCNC(CCOc1ccccc1)C1CCCCC1. The molecule has 0 bridgehead atoms. The number of ether oxygens (including phenoxy) is 1. The summed E-state index contributed by atoms with van der Waals surface area (Å²) in [5.41, 5.74) is 0. The van der Waals surface area contributed by atoms with Crippen molar-refractivity contribution in [2.45, 2.75) is 57.9 Å². The first kappa shape index (κ1) is 15.4. The van der Waals surface area contributed by atoms with Gasteiger partial charge in [-0.1, -0.05) is 44.4 Å². The lowest BCUT2D eigenvalue weighted by Crippen LogP contribution is -2.38. The van der Waals surface area contributed by atoms with Crippen molar-refractivity contribution < 1.29 is 4.74 Å². The van der Waals surface area contributed by atoms with Crippen molar-refractivity contribution in [1.82, 2.24) is 5.32 Å². The second kappa shape index (κ2) is 9.02. The molecule has 1 aromatic carbocycles. The predicted molar refractivity (Wildman–Crippen MR) is 85.2 cm³/mol. The first-order chi connectivity index (χ1) is 9.90. The topological polar surface area (TPSA) is 21.3 Å². The minimum Gasteiger partial charge on any atom is -0.494 e. The van der Waals surface area contributed by atoms with E-state index >= 15 is 0 Å². The van der Waals surface area contributed by atoms with Gasteiger partial charge >= 0.3 is 0 Å². The zero-order valence-electron chi connectivity index (χ0n) is 12.8. The summed E-state index contributed by atoms with van der Waals surface area (Å²) in [5.74, 6) is 1.85. The molecule has 1 fully saturated rings. The van der Waals surface area contributed by atoms with E-state index in [2.05, 4.69) is 12.2 Å². The average molecular weight is 275 g/mol. The predicted octanol–water partition coefficient (Wildman–Crippen LogP) is 4.40. The van der Waals surface area contributed by atoms with Crippen LogP contribution in [0, 0.1) is 5.92 Å². The Hall–Kier alpha value is -1.02. The molecule has 0 spiro atoms. The van der Waals surface area contributed by atoms with Crippen LogP contribution in [0.25, 0.3) is 0 Å². The summed E-state index contributed by atoms with van der Waals surface area (Å²) >= 11 is 0. The first-order valence-electron chi connectivity index (χ1n) is 8.31. The Morgan fingerprint density at radius 3 is 2.60 bits per heavy atom. The molecule has 0 saturated heterocycles. The molecule has 0 heterocycles. The van der Waals surface area contributed by atoms with E-state index in [-0.39, 0.29) is 0 Å². The summed E-state index contributed by atoms with van der Waals surface area (Å²) < 4.78 is 5.87. The minimum atomic E-state index is 0.638. The van der Waals surface area contributed by atoms with E-state index in [0.29, 0.717) is 6.04 Å². The fourth-order valence-electron chi connectivity index (χ4n) is 3.19. The van der Waals surface area contributed by atoms with E-state index in [4.69, 9.17) is 4.74 Å². The zero-order valence-corrected chi connectivity index (χ0v) is 12.8. The fraction of sp³-hybridized carbons (Fsp3) is 0.667. The summed E-state index contributed by atoms with van der Waals surface area (Å²) in [6.07, 6.45) is 9.38. The van der Waals surface area contributed by atoms with Gasteiger partial charge in [-0.3, -0.25) is 0 Å². The van der Waals surface area contributed by atoms with Crippen LogP contribution < -0.4 is 10.1 Å². The highest BCUT2D eigenvalue weighted by Gasteiger charge is 2.22. The van der Waals surface area contributed by atoms with Crippen molar-refractivity contribution in [3.63, 3.8) is 0 Å². The van der Waals surface area contributed by atoms with E-state index in [1.807, 2.05) is 30.3 Å². The quantitative estimate of drug-likeness (QED) is 0.759. The zero-order chi connectivity index (χ0) is 14.0. The molecule has 2 rings (SSSR count). The Bertz CT molecular complexity index is 346. The van der Waals surface area contributed by atoms with Crippen molar-refractivity contribution in [3.05, 3.63) is 30.3 Å². The molecular formula is C18H29NO. The number of hydrogen-bond donors (Lipinski definition) is 1. The highest BCUT2D eigenvalue weighted by molar-refractivity contribution is 5.20. The van der Waals surface area contributed by atoms with Crippen molar-refractivity contribution in [3.8, 4) is 5.75 Å². The van der Waals surface area contributed by atoms with Gasteiger partial charge < -0.3 is 10.1 Å². The highest BCUT2D eigenvalue weighted by atomic mass is 16.5. The van der Waals surface area contributed by atoms with Gasteiger partial charge in [0, 0.05) is 6.04 Å². The standard InChI is InChI=1S/C18H29NO/c1-2-14-19-18(16-9-5-3-6-10-16)13-15-20-17-11-7-4-8-12-17/h4,7-8,11-12,16,18-19H,2-3,5-6,9-10,13-15H2,1H3. The van der Waals surface area contributed by atoms with Crippen molar-refractivity contribution >= 4 is 0 Å². The Labute approximate surface area is 123 Å². The third-order valence-corrected chi connectivity index (χ3v) is 4.32. The number of benzene rings is 1. The normalized spacial score (nSPS) is 17.9. The fourth-order valence-corrected chi connectivity index (χ4v) is 3.19. The molecule has 112 valence electrons. The molecule has 1 aliphatic carbocycles. The van der Waals surface area contributed by atoms with Gasteiger partial charge in [0.15, 0.2) is 0 Å². The molecule has 0 aromatic heterocycles. The van der Waals surface area contributed by atoms with Gasteiger partial charge in [0.05, 0.1) is 6.61 Å². The maximum atomic E-state index is 5.87. The van der Waals surface area contributed by atoms with Gasteiger partial charge in [0.25, 0.3) is 0 Å². The van der Waals surface area contributed by atoms with Crippen LogP contribution in [-0.2, 0) is 0 Å². The maximum Gasteiger partial charge on any atom is 0.119 e.